The summed E-state index contributed by atoms with van der Waals surface area (Å²) in [6, 6.07) is 5.93. The Morgan fingerprint density at radius 2 is 1.81 bits per heavy atom. The van der Waals surface area contributed by atoms with Gasteiger partial charge in [-0.25, -0.2) is 4.39 Å². The van der Waals surface area contributed by atoms with E-state index in [9.17, 15) is 4.39 Å². The third-order valence-electron chi connectivity index (χ3n) is 3.90. The van der Waals surface area contributed by atoms with Gasteiger partial charge < -0.3 is 10.2 Å². The maximum absolute atomic E-state index is 14.3. The van der Waals surface area contributed by atoms with Gasteiger partial charge in [0.1, 0.15) is 5.82 Å². The molecule has 0 radical (unpaired) electrons. The van der Waals surface area contributed by atoms with Crippen molar-refractivity contribution >= 4 is 5.69 Å². The lowest BCUT2D eigenvalue weighted by Crippen LogP contribution is -2.38. The first kappa shape index (κ1) is 18.0. The highest BCUT2D eigenvalue weighted by Crippen LogP contribution is 2.28. The van der Waals surface area contributed by atoms with Crippen LogP contribution in [-0.4, -0.2) is 19.1 Å². The summed E-state index contributed by atoms with van der Waals surface area (Å²) in [7, 11) is 0. The normalized spacial score (nSPS) is 11.4. The Morgan fingerprint density at radius 1 is 1.14 bits per heavy atom. The molecule has 0 heterocycles. The molecule has 21 heavy (non-hydrogen) atoms. The fourth-order valence-corrected chi connectivity index (χ4v) is 2.81. The average molecular weight is 294 g/mol. The van der Waals surface area contributed by atoms with E-state index < -0.39 is 0 Å². The summed E-state index contributed by atoms with van der Waals surface area (Å²) >= 11 is 0. The lowest BCUT2D eigenvalue weighted by Gasteiger charge is -2.35. The molecule has 120 valence electrons. The van der Waals surface area contributed by atoms with Crippen molar-refractivity contribution in [3.05, 3.63) is 29.6 Å². The van der Waals surface area contributed by atoms with Crippen LogP contribution in [0.1, 0.15) is 53.0 Å². The summed E-state index contributed by atoms with van der Waals surface area (Å²) in [6.45, 7) is 13.3. The van der Waals surface area contributed by atoms with Gasteiger partial charge in [0.15, 0.2) is 0 Å². The molecule has 0 amide bonds. The first-order valence-corrected chi connectivity index (χ1v) is 8.29. The van der Waals surface area contributed by atoms with Gasteiger partial charge in [0.2, 0.25) is 0 Å². The molecule has 1 N–H and O–H groups in total. The first-order valence-electron chi connectivity index (χ1n) is 8.29. The third-order valence-corrected chi connectivity index (χ3v) is 3.90. The minimum absolute atomic E-state index is 0.104. The molecular formula is C18H31FN2. The van der Waals surface area contributed by atoms with Crippen molar-refractivity contribution in [1.82, 2.24) is 5.32 Å². The molecule has 3 heteroatoms. The number of rotatable bonds is 9. The van der Waals surface area contributed by atoms with Crippen LogP contribution < -0.4 is 10.2 Å². The summed E-state index contributed by atoms with van der Waals surface area (Å²) in [5, 5.41) is 3.26. The van der Waals surface area contributed by atoms with Crippen molar-refractivity contribution in [2.24, 2.45) is 5.92 Å². The highest BCUT2D eigenvalue weighted by molar-refractivity contribution is 5.55. The van der Waals surface area contributed by atoms with E-state index in [1.165, 1.54) is 0 Å². The standard InChI is InChI=1S/C18H31FN2/c1-6-15(7-2)21(13-14(4)5)18-11-9-10-17(19)16(18)12-20-8-3/h9-11,14-15,20H,6-8,12-13H2,1-5H3. The van der Waals surface area contributed by atoms with Crippen molar-refractivity contribution in [3.63, 3.8) is 0 Å². The van der Waals surface area contributed by atoms with Crippen molar-refractivity contribution in [1.29, 1.82) is 0 Å². The fraction of sp³-hybridized carbons (Fsp3) is 0.667. The number of benzene rings is 1. The molecule has 0 fully saturated rings. The Balaban J connectivity index is 3.19. The van der Waals surface area contributed by atoms with Gasteiger partial charge in [-0.2, -0.15) is 0 Å². The van der Waals surface area contributed by atoms with Crippen LogP contribution in [0.15, 0.2) is 18.2 Å². The molecule has 1 aromatic carbocycles. The Morgan fingerprint density at radius 3 is 2.33 bits per heavy atom. The number of nitrogens with one attached hydrogen (secondary N) is 1. The van der Waals surface area contributed by atoms with Crippen LogP contribution in [-0.2, 0) is 6.54 Å². The lowest BCUT2D eigenvalue weighted by molar-refractivity contribution is 0.502. The Hall–Kier alpha value is -1.09. The van der Waals surface area contributed by atoms with Crippen molar-refractivity contribution in [3.8, 4) is 0 Å². The van der Waals surface area contributed by atoms with E-state index >= 15 is 0 Å². The summed E-state index contributed by atoms with van der Waals surface area (Å²) < 4.78 is 14.3. The molecule has 0 atom stereocenters. The second kappa shape index (κ2) is 9.04. The van der Waals surface area contributed by atoms with E-state index in [-0.39, 0.29) is 5.82 Å². The van der Waals surface area contributed by atoms with Crippen LogP contribution in [0.2, 0.25) is 0 Å². The molecule has 0 unspecified atom stereocenters. The van der Waals surface area contributed by atoms with Gasteiger partial charge in [-0.05, 0) is 37.4 Å². The summed E-state index contributed by atoms with van der Waals surface area (Å²) in [6.07, 6.45) is 2.17. The molecule has 2 nitrogen and oxygen atoms in total. The smallest absolute Gasteiger partial charge is 0.129 e. The monoisotopic (exact) mass is 294 g/mol. The molecule has 0 spiro atoms. The van der Waals surface area contributed by atoms with E-state index in [1.807, 2.05) is 13.0 Å². The van der Waals surface area contributed by atoms with E-state index in [2.05, 4.69) is 44.0 Å². The second-order valence-corrected chi connectivity index (χ2v) is 6.03. The maximum atomic E-state index is 14.3. The van der Waals surface area contributed by atoms with Crippen LogP contribution in [0, 0.1) is 11.7 Å². The lowest BCUT2D eigenvalue weighted by atomic mass is 10.0. The Labute approximate surface area is 129 Å². The molecule has 0 bridgehead atoms. The van der Waals surface area contributed by atoms with Crippen LogP contribution in [0.4, 0.5) is 10.1 Å². The van der Waals surface area contributed by atoms with Crippen molar-refractivity contribution in [2.75, 3.05) is 18.0 Å². The minimum Gasteiger partial charge on any atom is -0.368 e. The van der Waals surface area contributed by atoms with Crippen LogP contribution in [0.3, 0.4) is 0 Å². The highest BCUT2D eigenvalue weighted by Gasteiger charge is 2.21. The van der Waals surface area contributed by atoms with Crippen molar-refractivity contribution < 1.29 is 4.39 Å². The van der Waals surface area contributed by atoms with E-state index in [4.69, 9.17) is 0 Å². The summed E-state index contributed by atoms with van der Waals surface area (Å²) in [5.74, 6) is 0.453. The molecular weight excluding hydrogens is 263 g/mol. The Bertz CT molecular complexity index is 414. The molecule has 0 aromatic heterocycles. The van der Waals surface area contributed by atoms with Crippen molar-refractivity contribution in [2.45, 2.75) is 60.0 Å². The number of nitrogens with zero attached hydrogens (tertiary/aromatic N) is 1. The molecule has 0 saturated carbocycles. The molecule has 0 saturated heterocycles. The zero-order chi connectivity index (χ0) is 15.8. The third kappa shape index (κ3) is 4.99. The molecule has 1 aromatic rings. The van der Waals surface area contributed by atoms with E-state index in [0.29, 0.717) is 18.5 Å². The molecule has 0 aliphatic carbocycles. The van der Waals surface area contributed by atoms with Gasteiger partial charge >= 0.3 is 0 Å². The number of hydrogen-bond acceptors (Lipinski definition) is 2. The minimum atomic E-state index is -0.104. The maximum Gasteiger partial charge on any atom is 0.129 e. The SMILES string of the molecule is CCNCc1c(F)cccc1N(CC(C)C)C(CC)CC. The van der Waals surface area contributed by atoms with Gasteiger partial charge in [0, 0.05) is 30.4 Å². The second-order valence-electron chi connectivity index (χ2n) is 6.03. The van der Waals surface area contributed by atoms with E-state index in [1.54, 1.807) is 6.07 Å². The zero-order valence-electron chi connectivity index (χ0n) is 14.2. The van der Waals surface area contributed by atoms with Gasteiger partial charge in [-0.3, -0.25) is 0 Å². The molecule has 1 rings (SSSR count). The number of hydrogen-bond donors (Lipinski definition) is 1. The molecule has 0 aliphatic rings. The number of anilines is 1. The largest absolute Gasteiger partial charge is 0.368 e. The van der Waals surface area contributed by atoms with Crippen LogP contribution in [0.5, 0.6) is 0 Å². The van der Waals surface area contributed by atoms with Gasteiger partial charge in [0.25, 0.3) is 0 Å². The zero-order valence-corrected chi connectivity index (χ0v) is 14.2. The topological polar surface area (TPSA) is 15.3 Å². The van der Waals surface area contributed by atoms with Gasteiger partial charge in [-0.1, -0.05) is 40.7 Å². The fourth-order valence-electron chi connectivity index (χ4n) is 2.81. The van der Waals surface area contributed by atoms with Gasteiger partial charge in [-0.15, -0.1) is 0 Å². The van der Waals surface area contributed by atoms with E-state index in [0.717, 1.165) is 37.2 Å². The van der Waals surface area contributed by atoms with Crippen LogP contribution in [0.25, 0.3) is 0 Å². The van der Waals surface area contributed by atoms with Gasteiger partial charge in [0.05, 0.1) is 0 Å². The summed E-state index contributed by atoms with van der Waals surface area (Å²) in [4.78, 5) is 2.40. The quantitative estimate of drug-likeness (QED) is 0.717. The Kier molecular flexibility index (Phi) is 7.73. The molecule has 0 aliphatic heterocycles. The van der Waals surface area contributed by atoms with Crippen LogP contribution >= 0.6 is 0 Å². The predicted molar refractivity (Wildman–Crippen MR) is 90.3 cm³/mol. The average Bonchev–Trinajstić information content (AvgIpc) is 2.45. The predicted octanol–water partition coefficient (Wildman–Crippen LogP) is 4.59. The number of halogens is 1. The first-order chi connectivity index (χ1) is 10.0. The highest BCUT2D eigenvalue weighted by atomic mass is 19.1. The summed E-state index contributed by atoms with van der Waals surface area (Å²) in [5.41, 5.74) is 1.85.